The number of fused-ring (bicyclic) bond motifs is 1. The zero-order chi connectivity index (χ0) is 25.3. The molecular weight excluding hydrogens is 442 g/mol. The molecule has 2 amide bonds. The van der Waals surface area contributed by atoms with Crippen molar-refractivity contribution in [2.24, 2.45) is 5.92 Å². The molecule has 8 nitrogen and oxygen atoms in total. The average molecular weight is 480 g/mol. The number of rotatable bonds is 3. The summed E-state index contributed by atoms with van der Waals surface area (Å²) in [6.45, 7) is 14.0. The number of pyridine rings is 1. The third-order valence-electron chi connectivity index (χ3n) is 6.83. The summed E-state index contributed by atoms with van der Waals surface area (Å²) in [5, 5.41) is 3.66. The largest absolute Gasteiger partial charge is 0.444 e. The van der Waals surface area contributed by atoms with E-state index in [1.165, 1.54) is 0 Å². The highest BCUT2D eigenvalue weighted by atomic mass is 16.6. The number of piperazine rings is 1. The van der Waals surface area contributed by atoms with Crippen molar-refractivity contribution in [1.82, 2.24) is 9.88 Å². The van der Waals surface area contributed by atoms with Gasteiger partial charge in [0.2, 0.25) is 5.91 Å². The van der Waals surface area contributed by atoms with E-state index in [0.29, 0.717) is 26.2 Å². The number of benzene rings is 1. The second-order valence-corrected chi connectivity index (χ2v) is 10.5. The highest BCUT2D eigenvalue weighted by molar-refractivity contribution is 5.93. The van der Waals surface area contributed by atoms with Gasteiger partial charge in [-0.05, 0) is 52.0 Å². The Morgan fingerprint density at radius 2 is 1.66 bits per heavy atom. The van der Waals surface area contributed by atoms with Gasteiger partial charge in [0.15, 0.2) is 0 Å². The number of carbonyl (C=O) groups is 2. The molecule has 3 heterocycles. The minimum atomic E-state index is -0.508. The second-order valence-electron chi connectivity index (χ2n) is 10.5. The van der Waals surface area contributed by atoms with E-state index < -0.39 is 5.60 Å². The standard InChI is InChI=1S/C27H37N5O3/c1-18-19(2)32(20(3)33)22-12-13-23(29-25(22)24(18)28-21-10-8-7-9-11-21)30-14-16-31(17-15-30)26(34)35-27(4,5)6/h7-13,18-19,24,28H,14-17H2,1-6H3/t18?,19-,24+/m0/s1. The third kappa shape index (κ3) is 5.36. The van der Waals surface area contributed by atoms with Crippen LogP contribution in [0.5, 0.6) is 0 Å². The van der Waals surface area contributed by atoms with E-state index >= 15 is 0 Å². The van der Waals surface area contributed by atoms with Crippen LogP contribution in [0.3, 0.4) is 0 Å². The number of hydrogen-bond donors (Lipinski definition) is 1. The maximum atomic E-state index is 12.6. The molecule has 1 N–H and O–H groups in total. The van der Waals surface area contributed by atoms with Crippen LogP contribution in [-0.4, -0.2) is 59.7 Å². The van der Waals surface area contributed by atoms with Gasteiger partial charge in [0.05, 0.1) is 17.4 Å². The molecule has 1 aromatic heterocycles. The van der Waals surface area contributed by atoms with Crippen LogP contribution >= 0.6 is 0 Å². The van der Waals surface area contributed by atoms with Gasteiger partial charge >= 0.3 is 6.09 Å². The van der Waals surface area contributed by atoms with Crippen LogP contribution in [0.15, 0.2) is 42.5 Å². The molecule has 1 aromatic carbocycles. The SMILES string of the molecule is CC(=O)N1c2ccc(N3CCN(C(=O)OC(C)(C)C)CC3)nc2[C@H](Nc2ccccc2)C(C)[C@@H]1C. The highest BCUT2D eigenvalue weighted by Crippen LogP contribution is 2.42. The van der Waals surface area contributed by atoms with Gasteiger partial charge in [-0.15, -0.1) is 0 Å². The summed E-state index contributed by atoms with van der Waals surface area (Å²) >= 11 is 0. The number of aromatic nitrogens is 1. The smallest absolute Gasteiger partial charge is 0.410 e. The first-order valence-electron chi connectivity index (χ1n) is 12.4. The second kappa shape index (κ2) is 9.76. The van der Waals surface area contributed by atoms with Gasteiger partial charge in [-0.1, -0.05) is 25.1 Å². The summed E-state index contributed by atoms with van der Waals surface area (Å²) in [4.78, 5) is 35.9. The van der Waals surface area contributed by atoms with Crippen LogP contribution in [0, 0.1) is 5.92 Å². The lowest BCUT2D eigenvalue weighted by Crippen LogP contribution is -2.51. The van der Waals surface area contributed by atoms with Crippen LogP contribution in [0.2, 0.25) is 0 Å². The van der Waals surface area contributed by atoms with Crippen molar-refractivity contribution in [3.05, 3.63) is 48.2 Å². The van der Waals surface area contributed by atoms with Crippen molar-refractivity contribution in [2.45, 2.75) is 59.2 Å². The van der Waals surface area contributed by atoms with Gasteiger partial charge in [-0.3, -0.25) is 4.79 Å². The topological polar surface area (TPSA) is 78.0 Å². The fraction of sp³-hybridized carbons (Fsp3) is 0.519. The number of carbonyl (C=O) groups excluding carboxylic acids is 2. The molecule has 3 atom stereocenters. The Morgan fingerprint density at radius 3 is 2.26 bits per heavy atom. The number of anilines is 3. The maximum absolute atomic E-state index is 12.6. The molecular formula is C27H37N5O3. The number of para-hydroxylation sites is 1. The minimum Gasteiger partial charge on any atom is -0.444 e. The van der Waals surface area contributed by atoms with E-state index in [1.54, 1.807) is 11.8 Å². The summed E-state index contributed by atoms with van der Waals surface area (Å²) < 4.78 is 5.53. The molecule has 1 saturated heterocycles. The monoisotopic (exact) mass is 479 g/mol. The molecule has 0 aliphatic carbocycles. The van der Waals surface area contributed by atoms with Crippen LogP contribution in [0.25, 0.3) is 0 Å². The number of amides is 2. The molecule has 2 aromatic rings. The molecule has 4 rings (SSSR count). The van der Waals surface area contributed by atoms with Gasteiger partial charge < -0.3 is 24.8 Å². The molecule has 1 unspecified atom stereocenters. The maximum Gasteiger partial charge on any atom is 0.410 e. The lowest BCUT2D eigenvalue weighted by Gasteiger charge is -2.44. The van der Waals surface area contributed by atoms with Gasteiger partial charge in [-0.2, -0.15) is 0 Å². The third-order valence-corrected chi connectivity index (χ3v) is 6.83. The Kier molecular flexibility index (Phi) is 6.92. The number of nitrogens with zero attached hydrogens (tertiary/aromatic N) is 4. The molecule has 0 bridgehead atoms. The zero-order valence-corrected chi connectivity index (χ0v) is 21.6. The van der Waals surface area contributed by atoms with Gasteiger partial charge in [0.25, 0.3) is 0 Å². The van der Waals surface area contributed by atoms with Crippen molar-refractivity contribution in [1.29, 1.82) is 0 Å². The lowest BCUT2D eigenvalue weighted by atomic mass is 9.85. The van der Waals surface area contributed by atoms with Gasteiger partial charge in [-0.25, -0.2) is 9.78 Å². The Balaban J connectivity index is 1.59. The quantitative estimate of drug-likeness (QED) is 0.689. The molecule has 8 heteroatoms. The molecule has 0 radical (unpaired) electrons. The fourth-order valence-electron chi connectivity index (χ4n) is 4.86. The average Bonchev–Trinajstić information content (AvgIpc) is 2.81. The molecule has 2 aliphatic heterocycles. The number of ether oxygens (including phenoxy) is 1. The van der Waals surface area contributed by atoms with Crippen LogP contribution in [0.4, 0.5) is 22.0 Å². The van der Waals surface area contributed by atoms with Gasteiger partial charge in [0, 0.05) is 50.7 Å². The van der Waals surface area contributed by atoms with Crippen molar-refractivity contribution in [2.75, 3.05) is 41.3 Å². The fourth-order valence-corrected chi connectivity index (χ4v) is 4.86. The van der Waals surface area contributed by atoms with Crippen molar-refractivity contribution in [3.8, 4) is 0 Å². The summed E-state index contributed by atoms with van der Waals surface area (Å²) in [6.07, 6.45) is -0.275. The molecule has 35 heavy (non-hydrogen) atoms. The molecule has 188 valence electrons. The van der Waals surface area contributed by atoms with E-state index in [2.05, 4.69) is 24.1 Å². The Bertz CT molecular complexity index is 1060. The van der Waals surface area contributed by atoms with Crippen molar-refractivity contribution in [3.63, 3.8) is 0 Å². The lowest BCUT2D eigenvalue weighted by molar-refractivity contribution is -0.117. The first-order chi connectivity index (χ1) is 16.5. The van der Waals surface area contributed by atoms with Crippen molar-refractivity contribution < 1.29 is 14.3 Å². The predicted molar refractivity (Wildman–Crippen MR) is 139 cm³/mol. The highest BCUT2D eigenvalue weighted by Gasteiger charge is 2.40. The number of hydrogen-bond acceptors (Lipinski definition) is 6. The number of nitrogens with one attached hydrogen (secondary N) is 1. The van der Waals surface area contributed by atoms with E-state index in [1.807, 2.05) is 68.1 Å². The van der Waals surface area contributed by atoms with Gasteiger partial charge in [0.1, 0.15) is 11.4 Å². The molecule has 2 aliphatic rings. The van der Waals surface area contributed by atoms with E-state index in [0.717, 1.165) is 22.9 Å². The summed E-state index contributed by atoms with van der Waals surface area (Å²) in [6, 6.07) is 14.1. The predicted octanol–water partition coefficient (Wildman–Crippen LogP) is 4.68. The first-order valence-corrected chi connectivity index (χ1v) is 12.4. The molecule has 0 spiro atoms. The Hall–Kier alpha value is -3.29. The van der Waals surface area contributed by atoms with Crippen LogP contribution in [-0.2, 0) is 9.53 Å². The van der Waals surface area contributed by atoms with E-state index in [-0.39, 0.29) is 30.0 Å². The summed E-state index contributed by atoms with van der Waals surface area (Å²) in [7, 11) is 0. The van der Waals surface area contributed by atoms with Crippen molar-refractivity contribution >= 4 is 29.2 Å². The summed E-state index contributed by atoms with van der Waals surface area (Å²) in [5.74, 6) is 1.03. The first kappa shape index (κ1) is 24.8. The normalized spacial score (nSPS) is 22.5. The van der Waals surface area contributed by atoms with E-state index in [4.69, 9.17) is 9.72 Å². The molecule has 0 saturated carbocycles. The van der Waals surface area contributed by atoms with Crippen LogP contribution < -0.4 is 15.1 Å². The zero-order valence-electron chi connectivity index (χ0n) is 21.6. The van der Waals surface area contributed by atoms with Crippen LogP contribution in [0.1, 0.15) is 53.3 Å². The Labute approximate surface area is 208 Å². The summed E-state index contributed by atoms with van der Waals surface area (Å²) in [5.41, 5.74) is 2.25. The molecule has 1 fully saturated rings. The Morgan fingerprint density at radius 1 is 1.00 bits per heavy atom. The van der Waals surface area contributed by atoms with E-state index in [9.17, 15) is 9.59 Å². The minimum absolute atomic E-state index is 0.0179.